The van der Waals surface area contributed by atoms with Crippen molar-refractivity contribution in [3.63, 3.8) is 0 Å². The first-order valence-corrected chi connectivity index (χ1v) is 8.32. The normalized spacial score (nSPS) is 11.6. The molecular formula is C18H19NO2S. The molecule has 0 saturated heterocycles. The number of ether oxygens (including phenoxy) is 1. The average Bonchev–Trinajstić information content (AvgIpc) is 2.55. The maximum Gasteiger partial charge on any atom is 0.119 e. The highest BCUT2D eigenvalue weighted by atomic mass is 32.2. The minimum atomic E-state index is -0.493. The zero-order valence-electron chi connectivity index (χ0n) is 12.3. The van der Waals surface area contributed by atoms with E-state index in [1.807, 2.05) is 42.5 Å². The summed E-state index contributed by atoms with van der Waals surface area (Å²) in [6.07, 6.45) is -0.0912. The van der Waals surface area contributed by atoms with Gasteiger partial charge in [-0.05, 0) is 23.3 Å². The van der Waals surface area contributed by atoms with Gasteiger partial charge in [-0.15, -0.1) is 0 Å². The van der Waals surface area contributed by atoms with E-state index in [0.29, 0.717) is 17.9 Å². The number of nitriles is 1. The van der Waals surface area contributed by atoms with Crippen molar-refractivity contribution in [3.05, 3.63) is 65.7 Å². The molecule has 1 N–H and O–H groups in total. The van der Waals surface area contributed by atoms with Gasteiger partial charge in [-0.2, -0.15) is 17.0 Å². The second kappa shape index (κ2) is 9.14. The van der Waals surface area contributed by atoms with Crippen molar-refractivity contribution in [2.24, 2.45) is 0 Å². The van der Waals surface area contributed by atoms with Crippen molar-refractivity contribution in [1.82, 2.24) is 0 Å². The molecule has 2 aromatic rings. The van der Waals surface area contributed by atoms with Crippen LogP contribution in [0.5, 0.6) is 5.75 Å². The highest BCUT2D eigenvalue weighted by Gasteiger charge is 2.06. The first-order chi connectivity index (χ1) is 10.8. The molecule has 0 aliphatic rings. The van der Waals surface area contributed by atoms with Gasteiger partial charge in [0.2, 0.25) is 0 Å². The molecule has 4 heteroatoms. The van der Waals surface area contributed by atoms with E-state index in [1.54, 1.807) is 11.8 Å². The SMILES string of the molecule is N#CCc1ccc(OCC(O)CSCc2ccccc2)cc1. The van der Waals surface area contributed by atoms with E-state index in [9.17, 15) is 5.11 Å². The van der Waals surface area contributed by atoms with Crippen LogP contribution >= 0.6 is 11.8 Å². The molecule has 0 aliphatic heterocycles. The Hall–Kier alpha value is -1.96. The molecule has 22 heavy (non-hydrogen) atoms. The Balaban J connectivity index is 1.67. The van der Waals surface area contributed by atoms with Crippen LogP contribution in [0.2, 0.25) is 0 Å². The maximum atomic E-state index is 9.94. The summed E-state index contributed by atoms with van der Waals surface area (Å²) in [5.41, 5.74) is 2.22. The molecule has 1 unspecified atom stereocenters. The molecule has 0 fully saturated rings. The minimum Gasteiger partial charge on any atom is -0.491 e. The van der Waals surface area contributed by atoms with E-state index in [0.717, 1.165) is 11.3 Å². The summed E-state index contributed by atoms with van der Waals surface area (Å²) in [4.78, 5) is 0. The van der Waals surface area contributed by atoms with Crippen LogP contribution in [0.15, 0.2) is 54.6 Å². The number of rotatable bonds is 8. The number of hydrogen-bond acceptors (Lipinski definition) is 4. The van der Waals surface area contributed by atoms with Crippen LogP contribution in [0.4, 0.5) is 0 Å². The predicted octanol–water partition coefficient (Wildman–Crippen LogP) is 3.43. The van der Waals surface area contributed by atoms with E-state index in [2.05, 4.69) is 18.2 Å². The van der Waals surface area contributed by atoms with E-state index >= 15 is 0 Å². The van der Waals surface area contributed by atoms with Crippen LogP contribution in [-0.2, 0) is 12.2 Å². The molecule has 0 bridgehead atoms. The molecule has 0 aromatic heterocycles. The van der Waals surface area contributed by atoms with Gasteiger partial charge in [0.15, 0.2) is 0 Å². The molecule has 1 atom stereocenters. The van der Waals surface area contributed by atoms with Crippen LogP contribution in [0.3, 0.4) is 0 Å². The van der Waals surface area contributed by atoms with Gasteiger partial charge in [-0.1, -0.05) is 42.5 Å². The molecule has 2 aromatic carbocycles. The van der Waals surface area contributed by atoms with Crippen LogP contribution in [-0.4, -0.2) is 23.6 Å². The number of benzene rings is 2. The van der Waals surface area contributed by atoms with Gasteiger partial charge in [0, 0.05) is 11.5 Å². The van der Waals surface area contributed by atoms with Crippen LogP contribution < -0.4 is 4.74 Å². The monoisotopic (exact) mass is 313 g/mol. The zero-order chi connectivity index (χ0) is 15.6. The second-order valence-electron chi connectivity index (χ2n) is 4.94. The lowest BCUT2D eigenvalue weighted by Crippen LogP contribution is -2.20. The van der Waals surface area contributed by atoms with Crippen molar-refractivity contribution in [2.75, 3.05) is 12.4 Å². The lowest BCUT2D eigenvalue weighted by atomic mass is 10.2. The summed E-state index contributed by atoms with van der Waals surface area (Å²) in [6, 6.07) is 19.7. The summed E-state index contributed by atoms with van der Waals surface area (Å²) >= 11 is 1.69. The number of aliphatic hydroxyl groups is 1. The topological polar surface area (TPSA) is 53.2 Å². The fourth-order valence-electron chi connectivity index (χ4n) is 1.92. The number of hydrogen-bond donors (Lipinski definition) is 1. The Morgan fingerprint density at radius 3 is 2.45 bits per heavy atom. The van der Waals surface area contributed by atoms with Crippen molar-refractivity contribution in [2.45, 2.75) is 18.3 Å². The molecule has 2 rings (SSSR count). The van der Waals surface area contributed by atoms with Gasteiger partial charge in [0.1, 0.15) is 12.4 Å². The van der Waals surface area contributed by atoms with Crippen LogP contribution in [0, 0.1) is 11.3 Å². The molecule has 0 radical (unpaired) electrons. The largest absolute Gasteiger partial charge is 0.491 e. The van der Waals surface area contributed by atoms with Gasteiger partial charge in [-0.25, -0.2) is 0 Å². The average molecular weight is 313 g/mol. The zero-order valence-corrected chi connectivity index (χ0v) is 13.1. The van der Waals surface area contributed by atoms with Gasteiger partial charge in [-0.3, -0.25) is 0 Å². The molecule has 114 valence electrons. The molecule has 0 saturated carbocycles. The molecule has 0 heterocycles. The van der Waals surface area contributed by atoms with Crippen molar-refractivity contribution >= 4 is 11.8 Å². The summed E-state index contributed by atoms with van der Waals surface area (Å²) in [6.45, 7) is 0.277. The number of aliphatic hydroxyl groups excluding tert-OH is 1. The smallest absolute Gasteiger partial charge is 0.119 e. The fraction of sp³-hybridized carbons (Fsp3) is 0.278. The van der Waals surface area contributed by atoms with Crippen LogP contribution in [0.25, 0.3) is 0 Å². The van der Waals surface area contributed by atoms with E-state index in [4.69, 9.17) is 10.00 Å². The van der Waals surface area contributed by atoms with Crippen molar-refractivity contribution in [1.29, 1.82) is 5.26 Å². The highest BCUT2D eigenvalue weighted by Crippen LogP contribution is 2.15. The number of nitrogens with zero attached hydrogens (tertiary/aromatic N) is 1. The summed E-state index contributed by atoms with van der Waals surface area (Å²) in [5, 5.41) is 18.6. The van der Waals surface area contributed by atoms with E-state index < -0.39 is 6.10 Å². The molecule has 0 amide bonds. The second-order valence-corrected chi connectivity index (χ2v) is 5.97. The lowest BCUT2D eigenvalue weighted by molar-refractivity contribution is 0.126. The molecular weight excluding hydrogens is 294 g/mol. The Bertz CT molecular complexity index is 593. The van der Waals surface area contributed by atoms with Gasteiger partial charge in [0.05, 0.1) is 18.6 Å². The predicted molar refractivity (Wildman–Crippen MR) is 89.9 cm³/mol. The Kier molecular flexibility index (Phi) is 6.82. The highest BCUT2D eigenvalue weighted by molar-refractivity contribution is 7.98. The molecule has 0 spiro atoms. The van der Waals surface area contributed by atoms with Gasteiger partial charge >= 0.3 is 0 Å². The third-order valence-corrected chi connectivity index (χ3v) is 4.23. The summed E-state index contributed by atoms with van der Waals surface area (Å²) in [5.74, 6) is 2.25. The van der Waals surface area contributed by atoms with Crippen molar-refractivity contribution in [3.8, 4) is 11.8 Å². The maximum absolute atomic E-state index is 9.94. The van der Waals surface area contributed by atoms with Crippen LogP contribution in [0.1, 0.15) is 11.1 Å². The Labute approximate surface area is 135 Å². The number of thioether (sulfide) groups is 1. The van der Waals surface area contributed by atoms with Crippen molar-refractivity contribution < 1.29 is 9.84 Å². The Morgan fingerprint density at radius 2 is 1.77 bits per heavy atom. The van der Waals surface area contributed by atoms with E-state index in [1.165, 1.54) is 5.56 Å². The first kappa shape index (κ1) is 16.4. The lowest BCUT2D eigenvalue weighted by Gasteiger charge is -2.12. The quantitative estimate of drug-likeness (QED) is 0.811. The minimum absolute atomic E-state index is 0.277. The summed E-state index contributed by atoms with van der Waals surface area (Å²) < 4.78 is 5.56. The first-order valence-electron chi connectivity index (χ1n) is 7.16. The standard InChI is InChI=1S/C18H19NO2S/c19-11-10-15-6-8-18(9-7-15)21-12-17(20)14-22-13-16-4-2-1-3-5-16/h1-9,17,20H,10,12-14H2. The van der Waals surface area contributed by atoms with Gasteiger partial charge in [0.25, 0.3) is 0 Å². The third-order valence-electron chi connectivity index (χ3n) is 3.07. The van der Waals surface area contributed by atoms with E-state index in [-0.39, 0.29) is 6.61 Å². The third kappa shape index (κ3) is 5.80. The summed E-state index contributed by atoms with van der Waals surface area (Å²) in [7, 11) is 0. The Morgan fingerprint density at radius 1 is 1.05 bits per heavy atom. The molecule has 3 nitrogen and oxygen atoms in total. The molecule has 0 aliphatic carbocycles. The van der Waals surface area contributed by atoms with Gasteiger partial charge < -0.3 is 9.84 Å². The fourth-order valence-corrected chi connectivity index (χ4v) is 2.84.